The minimum absolute atomic E-state index is 0.501. The molecule has 0 heterocycles. The lowest BCUT2D eigenvalue weighted by Gasteiger charge is -2.32. The van der Waals surface area contributed by atoms with E-state index in [-0.39, 0.29) is 0 Å². The maximum atomic E-state index is 6.15. The maximum absolute atomic E-state index is 6.15. The molecule has 1 aromatic rings. The van der Waals surface area contributed by atoms with Crippen LogP contribution in [0, 0.1) is 17.8 Å². The van der Waals surface area contributed by atoms with Crippen molar-refractivity contribution in [3.05, 3.63) is 35.9 Å². The minimum atomic E-state index is 0.501. The van der Waals surface area contributed by atoms with Gasteiger partial charge in [-0.15, -0.1) is 0 Å². The molecule has 2 saturated carbocycles. The summed E-state index contributed by atoms with van der Waals surface area (Å²) in [5.41, 5.74) is 1.31. The highest BCUT2D eigenvalue weighted by molar-refractivity contribution is 5.13. The molecule has 0 unspecified atom stereocenters. The van der Waals surface area contributed by atoms with Crippen molar-refractivity contribution >= 4 is 0 Å². The van der Waals surface area contributed by atoms with Crippen molar-refractivity contribution in [3.8, 4) is 0 Å². The fourth-order valence-corrected chi connectivity index (χ4v) is 5.06. The van der Waals surface area contributed by atoms with Crippen LogP contribution in [0.5, 0.6) is 0 Å². The second-order valence-electron chi connectivity index (χ2n) is 8.69. The molecule has 0 spiro atoms. The Kier molecular flexibility index (Phi) is 7.85. The number of hydrogen-bond acceptors (Lipinski definition) is 1. The van der Waals surface area contributed by atoms with Crippen molar-refractivity contribution in [2.24, 2.45) is 17.8 Å². The first kappa shape index (κ1) is 19.0. The molecule has 25 heavy (non-hydrogen) atoms. The molecule has 0 saturated heterocycles. The number of ether oxygens (including phenoxy) is 1. The summed E-state index contributed by atoms with van der Waals surface area (Å²) in [6.07, 6.45) is 17.7. The van der Waals surface area contributed by atoms with Crippen LogP contribution in [0.3, 0.4) is 0 Å². The Morgan fingerprint density at radius 1 is 0.720 bits per heavy atom. The van der Waals surface area contributed by atoms with E-state index >= 15 is 0 Å². The van der Waals surface area contributed by atoms with Gasteiger partial charge in [-0.25, -0.2) is 0 Å². The van der Waals surface area contributed by atoms with Crippen molar-refractivity contribution < 1.29 is 4.74 Å². The Labute approximate surface area is 155 Å². The fraction of sp³-hybridized carbons (Fsp3) is 0.750. The smallest absolute Gasteiger partial charge is 0.0720 e. The number of rotatable bonds is 8. The molecule has 0 N–H and O–H groups in total. The molecule has 0 aromatic heterocycles. The number of hydrogen-bond donors (Lipinski definition) is 0. The first-order chi connectivity index (χ1) is 12.3. The van der Waals surface area contributed by atoms with Crippen molar-refractivity contribution in [2.45, 2.75) is 96.7 Å². The average molecular weight is 343 g/mol. The Bertz CT molecular complexity index is 452. The third-order valence-electron chi connectivity index (χ3n) is 6.77. The highest BCUT2D eigenvalue weighted by atomic mass is 16.5. The Morgan fingerprint density at radius 3 is 1.80 bits per heavy atom. The predicted octanol–water partition coefficient (Wildman–Crippen LogP) is 7.15. The van der Waals surface area contributed by atoms with Gasteiger partial charge < -0.3 is 4.74 Å². The molecule has 2 aliphatic carbocycles. The molecular weight excluding hydrogens is 304 g/mol. The van der Waals surface area contributed by atoms with Gasteiger partial charge in [-0.3, -0.25) is 0 Å². The largest absolute Gasteiger partial charge is 0.374 e. The zero-order valence-corrected chi connectivity index (χ0v) is 16.3. The van der Waals surface area contributed by atoms with E-state index in [2.05, 4.69) is 37.3 Å². The molecule has 1 heteroatoms. The first-order valence-corrected chi connectivity index (χ1v) is 11.0. The SMILES string of the molecule is CCCC1CCC(CCC2CCC(OCc3ccccc3)CC2)CC1. The van der Waals surface area contributed by atoms with Crippen LogP contribution in [0.15, 0.2) is 30.3 Å². The lowest BCUT2D eigenvalue weighted by atomic mass is 9.76. The zero-order valence-electron chi connectivity index (χ0n) is 16.3. The zero-order chi connectivity index (χ0) is 17.3. The predicted molar refractivity (Wildman–Crippen MR) is 107 cm³/mol. The van der Waals surface area contributed by atoms with Crippen molar-refractivity contribution in [2.75, 3.05) is 0 Å². The van der Waals surface area contributed by atoms with Gasteiger partial charge in [-0.05, 0) is 49.0 Å². The van der Waals surface area contributed by atoms with Crippen LogP contribution in [0.1, 0.15) is 89.5 Å². The third-order valence-corrected chi connectivity index (χ3v) is 6.77. The van der Waals surface area contributed by atoms with E-state index in [1.54, 1.807) is 0 Å². The van der Waals surface area contributed by atoms with E-state index in [1.807, 2.05) is 0 Å². The lowest BCUT2D eigenvalue weighted by Crippen LogP contribution is -2.22. The van der Waals surface area contributed by atoms with Crippen LogP contribution in [0.4, 0.5) is 0 Å². The number of benzene rings is 1. The van der Waals surface area contributed by atoms with Crippen LogP contribution in [-0.2, 0) is 11.3 Å². The molecule has 1 nitrogen and oxygen atoms in total. The Morgan fingerprint density at radius 2 is 1.24 bits per heavy atom. The van der Waals surface area contributed by atoms with Crippen molar-refractivity contribution in [1.29, 1.82) is 0 Å². The van der Waals surface area contributed by atoms with Crippen molar-refractivity contribution in [3.63, 3.8) is 0 Å². The van der Waals surface area contributed by atoms with Crippen LogP contribution in [0.2, 0.25) is 0 Å². The maximum Gasteiger partial charge on any atom is 0.0720 e. The average Bonchev–Trinajstić information content (AvgIpc) is 2.68. The van der Waals surface area contributed by atoms with Gasteiger partial charge in [0.25, 0.3) is 0 Å². The minimum Gasteiger partial charge on any atom is -0.374 e. The van der Waals surface area contributed by atoms with Crippen LogP contribution < -0.4 is 0 Å². The quantitative estimate of drug-likeness (QED) is 0.487. The van der Waals surface area contributed by atoms with E-state index in [9.17, 15) is 0 Å². The molecule has 0 amide bonds. The summed E-state index contributed by atoms with van der Waals surface area (Å²) in [4.78, 5) is 0. The molecule has 0 aliphatic heterocycles. The van der Waals surface area contributed by atoms with E-state index in [0.29, 0.717) is 6.10 Å². The first-order valence-electron chi connectivity index (χ1n) is 11.0. The summed E-state index contributed by atoms with van der Waals surface area (Å²) in [5, 5.41) is 0. The van der Waals surface area contributed by atoms with Crippen LogP contribution in [-0.4, -0.2) is 6.10 Å². The highest BCUT2D eigenvalue weighted by Gasteiger charge is 2.24. The third kappa shape index (κ3) is 6.44. The topological polar surface area (TPSA) is 9.23 Å². The van der Waals surface area contributed by atoms with E-state index in [0.717, 1.165) is 24.4 Å². The van der Waals surface area contributed by atoms with Gasteiger partial charge in [0.1, 0.15) is 0 Å². The van der Waals surface area contributed by atoms with Gasteiger partial charge in [-0.1, -0.05) is 88.6 Å². The normalized spacial score (nSPS) is 30.3. The van der Waals surface area contributed by atoms with E-state index in [4.69, 9.17) is 4.74 Å². The molecule has 0 bridgehead atoms. The van der Waals surface area contributed by atoms with Gasteiger partial charge in [-0.2, -0.15) is 0 Å². The lowest BCUT2D eigenvalue weighted by molar-refractivity contribution is 0.00560. The van der Waals surface area contributed by atoms with Gasteiger partial charge in [0.05, 0.1) is 12.7 Å². The summed E-state index contributed by atoms with van der Waals surface area (Å²) in [6, 6.07) is 10.6. The molecule has 140 valence electrons. The molecular formula is C24H38O. The van der Waals surface area contributed by atoms with Crippen molar-refractivity contribution in [1.82, 2.24) is 0 Å². The Balaban J connectivity index is 1.27. The monoisotopic (exact) mass is 342 g/mol. The molecule has 1 aromatic carbocycles. The second kappa shape index (κ2) is 10.4. The second-order valence-corrected chi connectivity index (χ2v) is 8.69. The molecule has 0 atom stereocenters. The summed E-state index contributed by atoms with van der Waals surface area (Å²) >= 11 is 0. The van der Waals surface area contributed by atoms with Crippen LogP contribution in [0.25, 0.3) is 0 Å². The summed E-state index contributed by atoms with van der Waals surface area (Å²) in [6.45, 7) is 3.13. The highest BCUT2D eigenvalue weighted by Crippen LogP contribution is 2.37. The fourth-order valence-electron chi connectivity index (χ4n) is 5.06. The standard InChI is InChI=1S/C24H38O/c1-2-6-20-9-11-21(12-10-20)13-14-22-15-17-24(18-16-22)25-19-23-7-4-3-5-8-23/h3-5,7-8,20-22,24H,2,6,9-19H2,1H3. The summed E-state index contributed by atoms with van der Waals surface area (Å²) in [5.74, 6) is 3.07. The van der Waals surface area contributed by atoms with Gasteiger partial charge in [0.15, 0.2) is 0 Å². The summed E-state index contributed by atoms with van der Waals surface area (Å²) in [7, 11) is 0. The molecule has 3 rings (SSSR count). The van der Waals surface area contributed by atoms with Gasteiger partial charge in [0.2, 0.25) is 0 Å². The molecule has 2 fully saturated rings. The molecule has 0 radical (unpaired) electrons. The Hall–Kier alpha value is -0.820. The van der Waals surface area contributed by atoms with Gasteiger partial charge >= 0.3 is 0 Å². The van der Waals surface area contributed by atoms with Crippen LogP contribution >= 0.6 is 0 Å². The van der Waals surface area contributed by atoms with E-state index in [1.165, 1.54) is 82.6 Å². The van der Waals surface area contributed by atoms with E-state index < -0.39 is 0 Å². The van der Waals surface area contributed by atoms with Gasteiger partial charge in [0, 0.05) is 0 Å². The summed E-state index contributed by atoms with van der Waals surface area (Å²) < 4.78 is 6.15. The molecule has 2 aliphatic rings.